The molecule has 0 radical (unpaired) electrons. The van der Waals surface area contributed by atoms with Crippen LogP contribution in [0.3, 0.4) is 0 Å². The van der Waals surface area contributed by atoms with Crippen LogP contribution >= 0.6 is 11.8 Å². The molecule has 6 nitrogen and oxygen atoms in total. The monoisotopic (exact) mass is 332 g/mol. The fourth-order valence-corrected chi connectivity index (χ4v) is 3.02. The minimum absolute atomic E-state index is 0.000993. The van der Waals surface area contributed by atoms with Crippen molar-refractivity contribution in [3.8, 4) is 0 Å². The van der Waals surface area contributed by atoms with Gasteiger partial charge in [0, 0.05) is 17.8 Å². The number of nitrogens with one attached hydrogen (secondary N) is 1. The van der Waals surface area contributed by atoms with Crippen molar-refractivity contribution in [1.82, 2.24) is 14.8 Å². The fourth-order valence-electron chi connectivity index (χ4n) is 2.06. The number of carbonyl (C=O) groups is 2. The first-order valence-corrected chi connectivity index (χ1v) is 8.28. The van der Waals surface area contributed by atoms with Gasteiger partial charge in [-0.05, 0) is 52.0 Å². The molecular formula is C16H20N4O2S. The second kappa shape index (κ2) is 7.41. The van der Waals surface area contributed by atoms with Gasteiger partial charge in [0.25, 0.3) is 0 Å². The smallest absolute Gasteiger partial charge is 0.237 e. The van der Waals surface area contributed by atoms with E-state index in [1.165, 1.54) is 18.7 Å². The molecule has 23 heavy (non-hydrogen) atoms. The van der Waals surface area contributed by atoms with Crippen molar-refractivity contribution in [3.05, 3.63) is 35.7 Å². The number of amides is 1. The maximum Gasteiger partial charge on any atom is 0.237 e. The van der Waals surface area contributed by atoms with Crippen molar-refractivity contribution in [3.63, 3.8) is 0 Å². The molecule has 2 aromatic rings. The first-order valence-electron chi connectivity index (χ1n) is 7.40. The van der Waals surface area contributed by atoms with Crippen LogP contribution in [0.15, 0.2) is 29.4 Å². The molecule has 0 fully saturated rings. The molecule has 0 bridgehead atoms. The summed E-state index contributed by atoms with van der Waals surface area (Å²) in [5, 5.41) is 11.4. The number of anilines is 1. The predicted molar refractivity (Wildman–Crippen MR) is 90.8 cm³/mol. The van der Waals surface area contributed by atoms with Crippen LogP contribution in [0.2, 0.25) is 0 Å². The lowest BCUT2D eigenvalue weighted by Crippen LogP contribution is -2.23. The molecule has 0 saturated carbocycles. The molecule has 0 aliphatic carbocycles. The van der Waals surface area contributed by atoms with E-state index in [0.29, 0.717) is 11.3 Å². The van der Waals surface area contributed by atoms with Crippen LogP contribution in [0.25, 0.3) is 0 Å². The van der Waals surface area contributed by atoms with Crippen molar-refractivity contribution in [1.29, 1.82) is 0 Å². The SMILES string of the molecule is CCn1c(C)nnc1S[C@@H](C)C(=O)Nc1ccc(C(C)=O)cc1. The van der Waals surface area contributed by atoms with Gasteiger partial charge in [-0.25, -0.2) is 0 Å². The molecule has 1 heterocycles. The topological polar surface area (TPSA) is 76.9 Å². The van der Waals surface area contributed by atoms with Crippen molar-refractivity contribution in [2.24, 2.45) is 0 Å². The van der Waals surface area contributed by atoms with Crippen LogP contribution in [0, 0.1) is 6.92 Å². The van der Waals surface area contributed by atoms with Gasteiger partial charge in [-0.2, -0.15) is 0 Å². The standard InChI is InChI=1S/C16H20N4O2S/c1-5-20-12(4)18-19-16(20)23-11(3)15(22)17-14-8-6-13(7-9-14)10(2)21/h6-9,11H,5H2,1-4H3,(H,17,22)/t11-/m0/s1. The average molecular weight is 332 g/mol. The van der Waals surface area contributed by atoms with Gasteiger partial charge in [0.05, 0.1) is 5.25 Å². The first kappa shape index (κ1) is 17.2. The molecule has 1 aromatic heterocycles. The third kappa shape index (κ3) is 4.19. The Kier molecular flexibility index (Phi) is 5.54. The molecule has 0 saturated heterocycles. The van der Waals surface area contributed by atoms with Crippen LogP contribution in [-0.4, -0.2) is 31.7 Å². The van der Waals surface area contributed by atoms with E-state index in [0.717, 1.165) is 17.5 Å². The summed E-state index contributed by atoms with van der Waals surface area (Å²) < 4.78 is 1.97. The second-order valence-electron chi connectivity index (χ2n) is 5.16. The highest BCUT2D eigenvalue weighted by molar-refractivity contribution is 8.00. The quantitative estimate of drug-likeness (QED) is 0.650. The zero-order valence-corrected chi connectivity index (χ0v) is 14.5. The van der Waals surface area contributed by atoms with E-state index in [4.69, 9.17) is 0 Å². The van der Waals surface area contributed by atoms with Crippen LogP contribution in [0.1, 0.15) is 37.0 Å². The van der Waals surface area contributed by atoms with Gasteiger partial charge in [-0.1, -0.05) is 11.8 Å². The molecule has 7 heteroatoms. The van der Waals surface area contributed by atoms with Crippen LogP contribution in [0.5, 0.6) is 0 Å². The number of nitrogens with zero attached hydrogens (tertiary/aromatic N) is 3. The molecule has 2 rings (SSSR count). The maximum atomic E-state index is 12.3. The summed E-state index contributed by atoms with van der Waals surface area (Å²) in [6.07, 6.45) is 0. The van der Waals surface area contributed by atoms with E-state index < -0.39 is 0 Å². The number of rotatable bonds is 6. The van der Waals surface area contributed by atoms with E-state index in [-0.39, 0.29) is 16.9 Å². The molecule has 0 aliphatic heterocycles. The Morgan fingerprint density at radius 2 is 1.91 bits per heavy atom. The van der Waals surface area contributed by atoms with Crippen molar-refractivity contribution in [2.45, 2.75) is 44.6 Å². The first-order chi connectivity index (χ1) is 10.9. The molecule has 1 atom stereocenters. The molecule has 1 aromatic carbocycles. The Bertz CT molecular complexity index is 709. The summed E-state index contributed by atoms with van der Waals surface area (Å²) >= 11 is 1.37. The summed E-state index contributed by atoms with van der Waals surface area (Å²) in [6.45, 7) is 8.01. The maximum absolute atomic E-state index is 12.3. The molecule has 1 N–H and O–H groups in total. The molecule has 0 spiro atoms. The van der Waals surface area contributed by atoms with Crippen LogP contribution < -0.4 is 5.32 Å². The zero-order valence-electron chi connectivity index (χ0n) is 13.7. The summed E-state index contributed by atoms with van der Waals surface area (Å²) in [5.74, 6) is 0.720. The van der Waals surface area contributed by atoms with Gasteiger partial charge >= 0.3 is 0 Å². The fraction of sp³-hybridized carbons (Fsp3) is 0.375. The molecular weight excluding hydrogens is 312 g/mol. The minimum atomic E-state index is -0.309. The lowest BCUT2D eigenvalue weighted by Gasteiger charge is -2.12. The van der Waals surface area contributed by atoms with Crippen LogP contribution in [0.4, 0.5) is 5.69 Å². The van der Waals surface area contributed by atoms with Gasteiger partial charge in [0.1, 0.15) is 5.82 Å². The third-order valence-electron chi connectivity index (χ3n) is 3.43. The number of ketones is 1. The Hall–Kier alpha value is -2.15. The van der Waals surface area contributed by atoms with Crippen molar-refractivity contribution in [2.75, 3.05) is 5.32 Å². The van der Waals surface area contributed by atoms with Gasteiger partial charge in [0.2, 0.25) is 5.91 Å². The molecule has 0 aliphatic rings. The Morgan fingerprint density at radius 1 is 1.26 bits per heavy atom. The third-order valence-corrected chi connectivity index (χ3v) is 4.51. The highest BCUT2D eigenvalue weighted by Gasteiger charge is 2.18. The van der Waals surface area contributed by atoms with Crippen molar-refractivity contribution >= 4 is 29.1 Å². The van der Waals surface area contributed by atoms with E-state index in [1.54, 1.807) is 24.3 Å². The lowest BCUT2D eigenvalue weighted by atomic mass is 10.1. The van der Waals surface area contributed by atoms with E-state index >= 15 is 0 Å². The summed E-state index contributed by atoms with van der Waals surface area (Å²) in [4.78, 5) is 23.5. The number of hydrogen-bond acceptors (Lipinski definition) is 5. The summed E-state index contributed by atoms with van der Waals surface area (Å²) in [5.41, 5.74) is 1.29. The largest absolute Gasteiger partial charge is 0.325 e. The van der Waals surface area contributed by atoms with E-state index in [1.807, 2.05) is 25.3 Å². The Balaban J connectivity index is 2.00. The number of aromatic nitrogens is 3. The van der Waals surface area contributed by atoms with Crippen LogP contribution in [-0.2, 0) is 11.3 Å². The normalized spacial score (nSPS) is 12.0. The number of thioether (sulfide) groups is 1. The number of Topliss-reactive ketones (excluding diaryl/α,β-unsaturated/α-hetero) is 1. The average Bonchev–Trinajstić information content (AvgIpc) is 2.87. The number of hydrogen-bond donors (Lipinski definition) is 1. The van der Waals surface area contributed by atoms with E-state index in [2.05, 4.69) is 15.5 Å². The summed E-state index contributed by atoms with van der Waals surface area (Å²) in [6, 6.07) is 6.86. The number of benzene rings is 1. The highest BCUT2D eigenvalue weighted by atomic mass is 32.2. The van der Waals surface area contributed by atoms with Gasteiger partial charge < -0.3 is 9.88 Å². The predicted octanol–water partition coefficient (Wildman–Crippen LogP) is 2.93. The second-order valence-corrected chi connectivity index (χ2v) is 6.46. The Labute approximate surface area is 139 Å². The lowest BCUT2D eigenvalue weighted by molar-refractivity contribution is -0.115. The van der Waals surface area contributed by atoms with Crippen molar-refractivity contribution < 1.29 is 9.59 Å². The zero-order chi connectivity index (χ0) is 17.0. The number of aryl methyl sites for hydroxylation is 1. The molecule has 122 valence electrons. The summed E-state index contributed by atoms with van der Waals surface area (Å²) in [7, 11) is 0. The minimum Gasteiger partial charge on any atom is -0.325 e. The van der Waals surface area contributed by atoms with Gasteiger partial charge in [-0.3, -0.25) is 9.59 Å². The van der Waals surface area contributed by atoms with Gasteiger partial charge in [-0.15, -0.1) is 10.2 Å². The van der Waals surface area contributed by atoms with E-state index in [9.17, 15) is 9.59 Å². The highest BCUT2D eigenvalue weighted by Crippen LogP contribution is 2.23. The number of carbonyl (C=O) groups excluding carboxylic acids is 2. The van der Waals surface area contributed by atoms with Gasteiger partial charge in [0.15, 0.2) is 10.9 Å². The molecule has 1 amide bonds. The Morgan fingerprint density at radius 3 is 2.48 bits per heavy atom. The molecule has 0 unspecified atom stereocenters.